The van der Waals surface area contributed by atoms with E-state index in [-0.39, 0.29) is 12.0 Å². The molecule has 0 aromatic heterocycles. The minimum atomic E-state index is -0.419. The van der Waals surface area contributed by atoms with Crippen LogP contribution in [0.5, 0.6) is 0 Å². The van der Waals surface area contributed by atoms with Crippen LogP contribution in [0, 0.1) is 0 Å². The number of methoxy groups -OCH3 is 2. The molecule has 5 heteroatoms. The van der Waals surface area contributed by atoms with Crippen LogP contribution in [-0.4, -0.2) is 32.2 Å². The van der Waals surface area contributed by atoms with Crippen LogP contribution < -0.4 is 5.32 Å². The molecule has 1 aliphatic rings. The van der Waals surface area contributed by atoms with Crippen molar-refractivity contribution in [3.8, 4) is 0 Å². The smallest absolute Gasteiger partial charge is 0.332 e. The summed E-state index contributed by atoms with van der Waals surface area (Å²) in [5.74, 6) is -0.726. The lowest BCUT2D eigenvalue weighted by Gasteiger charge is -2.07. The van der Waals surface area contributed by atoms with Crippen LogP contribution >= 0.6 is 0 Å². The van der Waals surface area contributed by atoms with E-state index in [4.69, 9.17) is 0 Å². The molecule has 1 heterocycles. The molecule has 0 aromatic rings. The van der Waals surface area contributed by atoms with Gasteiger partial charge in [0.05, 0.1) is 14.2 Å². The molecule has 0 aromatic carbocycles. The summed E-state index contributed by atoms with van der Waals surface area (Å²) >= 11 is 0. The van der Waals surface area contributed by atoms with E-state index in [1.807, 2.05) is 0 Å². The van der Waals surface area contributed by atoms with Gasteiger partial charge in [-0.3, -0.25) is 0 Å². The number of allylic oxidation sites excluding steroid dienone is 1. The molecule has 0 spiro atoms. The Kier molecular flexibility index (Phi) is 3.50. The van der Waals surface area contributed by atoms with E-state index < -0.39 is 5.97 Å². The van der Waals surface area contributed by atoms with Gasteiger partial charge >= 0.3 is 11.9 Å². The number of esters is 2. The summed E-state index contributed by atoms with van der Waals surface area (Å²) in [5, 5.41) is 2.89. The van der Waals surface area contributed by atoms with E-state index in [0.717, 1.165) is 0 Å². The molecule has 0 radical (unpaired) electrons. The zero-order valence-electron chi connectivity index (χ0n) is 8.20. The van der Waals surface area contributed by atoms with Crippen molar-refractivity contribution in [3.05, 3.63) is 11.8 Å². The van der Waals surface area contributed by atoms with Gasteiger partial charge in [-0.05, 0) is 12.8 Å². The van der Waals surface area contributed by atoms with Crippen LogP contribution in [0.15, 0.2) is 11.8 Å². The lowest BCUT2D eigenvalue weighted by molar-refractivity contribution is -0.142. The molecular formula is C9H13NO4. The largest absolute Gasteiger partial charge is 0.467 e. The van der Waals surface area contributed by atoms with Crippen LogP contribution in [0.3, 0.4) is 0 Å². The quantitative estimate of drug-likeness (QED) is 0.499. The zero-order chi connectivity index (χ0) is 10.6. The van der Waals surface area contributed by atoms with Gasteiger partial charge in [0.25, 0.3) is 0 Å². The summed E-state index contributed by atoms with van der Waals surface area (Å²) in [6.45, 7) is 0. The van der Waals surface area contributed by atoms with E-state index in [1.165, 1.54) is 20.3 Å². The summed E-state index contributed by atoms with van der Waals surface area (Å²) in [5.41, 5.74) is 0.715. The van der Waals surface area contributed by atoms with Crippen LogP contribution in [0.1, 0.15) is 12.8 Å². The van der Waals surface area contributed by atoms with E-state index in [2.05, 4.69) is 14.8 Å². The van der Waals surface area contributed by atoms with Crippen molar-refractivity contribution in [1.29, 1.82) is 0 Å². The summed E-state index contributed by atoms with van der Waals surface area (Å²) in [4.78, 5) is 21.9. The van der Waals surface area contributed by atoms with Gasteiger partial charge in [0.1, 0.15) is 6.04 Å². The lowest BCUT2D eigenvalue weighted by Crippen LogP contribution is -2.31. The molecule has 1 aliphatic heterocycles. The van der Waals surface area contributed by atoms with Gasteiger partial charge in [-0.2, -0.15) is 0 Å². The second-order valence-corrected chi connectivity index (χ2v) is 2.95. The third kappa shape index (κ3) is 2.48. The highest BCUT2D eigenvalue weighted by atomic mass is 16.5. The van der Waals surface area contributed by atoms with Crippen molar-refractivity contribution in [2.45, 2.75) is 18.9 Å². The topological polar surface area (TPSA) is 64.6 Å². The maximum Gasteiger partial charge on any atom is 0.332 e. The first kappa shape index (κ1) is 10.6. The molecule has 0 saturated carbocycles. The van der Waals surface area contributed by atoms with Crippen LogP contribution in [0.2, 0.25) is 0 Å². The minimum Gasteiger partial charge on any atom is -0.467 e. The van der Waals surface area contributed by atoms with Crippen LogP contribution in [-0.2, 0) is 19.1 Å². The van der Waals surface area contributed by atoms with Gasteiger partial charge in [-0.25, -0.2) is 9.59 Å². The minimum absolute atomic E-state index is 0.307. The molecule has 1 fully saturated rings. The highest BCUT2D eigenvalue weighted by molar-refractivity contribution is 5.83. The number of hydrogen-bond donors (Lipinski definition) is 1. The first-order valence-electron chi connectivity index (χ1n) is 4.30. The number of carbonyl (C=O) groups excluding carboxylic acids is 2. The molecule has 1 rings (SSSR count). The molecule has 1 N–H and O–H groups in total. The highest BCUT2D eigenvalue weighted by Crippen LogP contribution is 2.16. The van der Waals surface area contributed by atoms with E-state index >= 15 is 0 Å². The van der Waals surface area contributed by atoms with Crippen molar-refractivity contribution in [2.75, 3.05) is 14.2 Å². The van der Waals surface area contributed by atoms with Crippen LogP contribution in [0.4, 0.5) is 0 Å². The van der Waals surface area contributed by atoms with Crippen molar-refractivity contribution >= 4 is 11.9 Å². The van der Waals surface area contributed by atoms with Crippen molar-refractivity contribution in [2.24, 2.45) is 0 Å². The summed E-state index contributed by atoms with van der Waals surface area (Å²) in [7, 11) is 2.65. The second-order valence-electron chi connectivity index (χ2n) is 2.95. The number of nitrogens with one attached hydrogen (secondary N) is 1. The Bertz CT molecular complexity index is 272. The zero-order valence-corrected chi connectivity index (χ0v) is 8.20. The monoisotopic (exact) mass is 199 g/mol. The van der Waals surface area contributed by atoms with E-state index in [1.54, 1.807) is 0 Å². The summed E-state index contributed by atoms with van der Waals surface area (Å²) in [6, 6.07) is -0.337. The normalized spacial score (nSPS) is 23.0. The first-order chi connectivity index (χ1) is 6.67. The van der Waals surface area contributed by atoms with Crippen molar-refractivity contribution in [3.63, 3.8) is 0 Å². The molecule has 78 valence electrons. The Hall–Kier alpha value is -1.52. The molecule has 0 bridgehead atoms. The number of carbonyl (C=O) groups is 2. The van der Waals surface area contributed by atoms with Crippen LogP contribution in [0.25, 0.3) is 0 Å². The SMILES string of the molecule is COC(=O)/C=C1\CC[C@@H](C(=O)OC)N1. The number of ether oxygens (including phenoxy) is 2. The van der Waals surface area contributed by atoms with Crippen molar-refractivity contribution < 1.29 is 19.1 Å². The molecule has 1 atom stereocenters. The molecule has 5 nitrogen and oxygen atoms in total. The Morgan fingerprint density at radius 3 is 2.71 bits per heavy atom. The van der Waals surface area contributed by atoms with Gasteiger partial charge in [0.15, 0.2) is 0 Å². The fourth-order valence-electron chi connectivity index (χ4n) is 1.30. The third-order valence-electron chi connectivity index (χ3n) is 2.04. The average molecular weight is 199 g/mol. The Labute approximate surface area is 82.1 Å². The second kappa shape index (κ2) is 4.64. The molecular weight excluding hydrogens is 186 g/mol. The Morgan fingerprint density at radius 1 is 1.43 bits per heavy atom. The van der Waals surface area contributed by atoms with Gasteiger partial charge in [-0.1, -0.05) is 0 Å². The maximum atomic E-state index is 11.1. The van der Waals surface area contributed by atoms with Gasteiger partial charge in [-0.15, -0.1) is 0 Å². The predicted octanol–water partition coefficient (Wildman–Crippen LogP) is -0.0317. The van der Waals surface area contributed by atoms with E-state index in [9.17, 15) is 9.59 Å². The lowest BCUT2D eigenvalue weighted by atomic mass is 10.2. The third-order valence-corrected chi connectivity index (χ3v) is 2.04. The average Bonchev–Trinajstić information content (AvgIpc) is 2.65. The number of rotatable bonds is 2. The summed E-state index contributed by atoms with van der Waals surface area (Å²) in [6.07, 6.45) is 2.66. The fraction of sp³-hybridized carbons (Fsp3) is 0.556. The Morgan fingerprint density at radius 2 is 2.14 bits per heavy atom. The molecule has 0 amide bonds. The molecule has 1 saturated heterocycles. The molecule has 0 aliphatic carbocycles. The maximum absolute atomic E-state index is 11.1. The van der Waals surface area contributed by atoms with E-state index in [0.29, 0.717) is 18.5 Å². The highest BCUT2D eigenvalue weighted by Gasteiger charge is 2.25. The number of hydrogen-bond acceptors (Lipinski definition) is 5. The van der Waals surface area contributed by atoms with Crippen molar-refractivity contribution in [1.82, 2.24) is 5.32 Å². The molecule has 0 unspecified atom stereocenters. The van der Waals surface area contributed by atoms with Gasteiger partial charge < -0.3 is 14.8 Å². The van der Waals surface area contributed by atoms with Gasteiger partial charge in [0, 0.05) is 11.8 Å². The molecule has 14 heavy (non-hydrogen) atoms. The van der Waals surface area contributed by atoms with Gasteiger partial charge in [0.2, 0.25) is 0 Å². The predicted molar refractivity (Wildman–Crippen MR) is 48.3 cm³/mol. The first-order valence-corrected chi connectivity index (χ1v) is 4.30. The fourth-order valence-corrected chi connectivity index (χ4v) is 1.30. The Balaban J connectivity index is 2.53. The standard InChI is InChI=1S/C9H13NO4/c1-13-8(11)5-6-3-4-7(10-6)9(12)14-2/h5,7,10H,3-4H2,1-2H3/b6-5+/t7-/m0/s1. The summed E-state index contributed by atoms with van der Waals surface area (Å²) < 4.78 is 9.03.